The van der Waals surface area contributed by atoms with Gasteiger partial charge < -0.3 is 24.8 Å². The molecule has 1 aromatic rings. The molecule has 0 radical (unpaired) electrons. The maximum Gasteiger partial charge on any atom is 0.303 e. The number of hydrogen-bond donors (Lipinski definition) is 3. The van der Waals surface area contributed by atoms with Crippen molar-refractivity contribution in [3.05, 3.63) is 42.5 Å². The summed E-state index contributed by atoms with van der Waals surface area (Å²) in [5.74, 6) is -0.681. The van der Waals surface area contributed by atoms with Crippen molar-refractivity contribution in [2.75, 3.05) is 13.2 Å². The monoisotopic (exact) mass is 392 g/mol. The van der Waals surface area contributed by atoms with Crippen LogP contribution in [0, 0.1) is 5.92 Å². The molecule has 0 saturated heterocycles. The summed E-state index contributed by atoms with van der Waals surface area (Å²) in [7, 11) is 0. The van der Waals surface area contributed by atoms with Gasteiger partial charge in [-0.2, -0.15) is 0 Å². The van der Waals surface area contributed by atoms with Crippen LogP contribution in [-0.2, 0) is 14.3 Å². The summed E-state index contributed by atoms with van der Waals surface area (Å²) in [5.41, 5.74) is 0. The highest BCUT2D eigenvalue weighted by atomic mass is 16.5. The number of aliphatic carboxylic acids is 1. The minimum Gasteiger partial charge on any atom is -0.491 e. The van der Waals surface area contributed by atoms with E-state index in [1.807, 2.05) is 24.3 Å². The molecule has 0 aliphatic heterocycles. The number of carboxylic acid groups (broad SMARTS) is 1. The van der Waals surface area contributed by atoms with Crippen molar-refractivity contribution in [1.29, 1.82) is 0 Å². The number of benzene rings is 1. The van der Waals surface area contributed by atoms with Crippen LogP contribution in [0.3, 0.4) is 0 Å². The first kappa shape index (κ1) is 22.1. The maximum absolute atomic E-state index is 12.1. The third-order valence-corrected chi connectivity index (χ3v) is 4.60. The van der Waals surface area contributed by atoms with E-state index in [0.717, 1.165) is 0 Å². The smallest absolute Gasteiger partial charge is 0.303 e. The van der Waals surface area contributed by atoms with Gasteiger partial charge >= 0.3 is 5.97 Å². The molecule has 1 aliphatic rings. The average Bonchev–Trinajstić information content (AvgIpc) is 2.94. The summed E-state index contributed by atoms with van der Waals surface area (Å²) < 4.78 is 11.1. The van der Waals surface area contributed by atoms with Gasteiger partial charge in [-0.15, -0.1) is 0 Å². The van der Waals surface area contributed by atoms with Gasteiger partial charge in [0.05, 0.1) is 18.8 Å². The lowest BCUT2D eigenvalue weighted by Gasteiger charge is -2.23. The van der Waals surface area contributed by atoms with Crippen molar-refractivity contribution < 1.29 is 34.4 Å². The number of ketones is 1. The zero-order valence-corrected chi connectivity index (χ0v) is 15.8. The molecule has 154 valence electrons. The average molecular weight is 392 g/mol. The molecular weight excluding hydrogens is 364 g/mol. The second kappa shape index (κ2) is 11.6. The Morgan fingerprint density at radius 2 is 1.89 bits per heavy atom. The Hall–Kier alpha value is -2.22. The van der Waals surface area contributed by atoms with Gasteiger partial charge in [0.15, 0.2) is 0 Å². The van der Waals surface area contributed by atoms with E-state index in [2.05, 4.69) is 0 Å². The lowest BCUT2D eigenvalue weighted by Crippen LogP contribution is -2.34. The molecule has 0 bridgehead atoms. The third kappa shape index (κ3) is 7.42. The molecular formula is C21H28O7. The molecule has 0 aromatic heterocycles. The van der Waals surface area contributed by atoms with E-state index in [0.29, 0.717) is 25.0 Å². The fourth-order valence-electron chi connectivity index (χ4n) is 3.18. The summed E-state index contributed by atoms with van der Waals surface area (Å²) in [5, 5.41) is 28.8. The molecule has 0 spiro atoms. The molecule has 7 nitrogen and oxygen atoms in total. The van der Waals surface area contributed by atoms with E-state index >= 15 is 0 Å². The molecule has 1 saturated carbocycles. The Morgan fingerprint density at radius 3 is 2.61 bits per heavy atom. The highest BCUT2D eigenvalue weighted by Gasteiger charge is 2.42. The van der Waals surface area contributed by atoms with Crippen LogP contribution in [-0.4, -0.2) is 58.6 Å². The number of carboxylic acids is 1. The Bertz CT molecular complexity index is 643. The fourth-order valence-corrected chi connectivity index (χ4v) is 3.18. The Labute approximate surface area is 164 Å². The molecule has 1 unspecified atom stereocenters. The van der Waals surface area contributed by atoms with Crippen LogP contribution in [0.25, 0.3) is 0 Å². The highest BCUT2D eigenvalue weighted by Crippen LogP contribution is 2.29. The van der Waals surface area contributed by atoms with Crippen LogP contribution in [0.15, 0.2) is 42.5 Å². The van der Waals surface area contributed by atoms with Gasteiger partial charge in [0.1, 0.15) is 24.2 Å². The van der Waals surface area contributed by atoms with Crippen molar-refractivity contribution in [2.24, 2.45) is 5.92 Å². The first-order valence-corrected chi connectivity index (χ1v) is 9.52. The van der Waals surface area contributed by atoms with E-state index in [1.165, 1.54) is 0 Å². The Balaban J connectivity index is 1.74. The van der Waals surface area contributed by atoms with Crippen LogP contribution in [0.1, 0.15) is 32.1 Å². The number of carbonyl (C=O) groups is 2. The van der Waals surface area contributed by atoms with E-state index in [-0.39, 0.29) is 31.8 Å². The van der Waals surface area contributed by atoms with Crippen molar-refractivity contribution in [1.82, 2.24) is 0 Å². The molecule has 7 heteroatoms. The third-order valence-electron chi connectivity index (χ3n) is 4.60. The number of ether oxygens (including phenoxy) is 2. The summed E-state index contributed by atoms with van der Waals surface area (Å²) in [6.07, 6.45) is 2.92. The SMILES string of the molecule is O=C(O)CCC=CCC[C@@H]1C(=O)C[C@H](O)[C@H]1OCC(O)COc1ccccc1. The molecule has 3 N–H and O–H groups in total. The second-order valence-electron chi connectivity index (χ2n) is 6.90. The minimum atomic E-state index is -0.879. The lowest BCUT2D eigenvalue weighted by molar-refractivity contribution is -0.136. The lowest BCUT2D eigenvalue weighted by atomic mass is 9.98. The number of aliphatic hydroxyl groups excluding tert-OH is 2. The maximum atomic E-state index is 12.1. The van der Waals surface area contributed by atoms with Crippen LogP contribution in [0.4, 0.5) is 0 Å². The molecule has 0 heterocycles. The molecule has 1 aliphatic carbocycles. The molecule has 2 rings (SSSR count). The normalized spacial score (nSPS) is 23.2. The second-order valence-corrected chi connectivity index (χ2v) is 6.90. The number of para-hydroxylation sites is 1. The Kier molecular flexibility index (Phi) is 9.13. The molecule has 28 heavy (non-hydrogen) atoms. The molecule has 1 aromatic carbocycles. The molecule has 1 fully saturated rings. The van der Waals surface area contributed by atoms with Crippen molar-refractivity contribution in [3.63, 3.8) is 0 Å². The van der Waals surface area contributed by atoms with Crippen LogP contribution < -0.4 is 4.74 Å². The van der Waals surface area contributed by atoms with Crippen LogP contribution >= 0.6 is 0 Å². The molecule has 0 amide bonds. The standard InChI is InChI=1S/C21H28O7/c22-15(13-27-16-8-4-3-5-9-16)14-28-21-17(18(23)12-19(21)24)10-6-1-2-7-11-20(25)26/h1-5,8-9,15,17,19,21-22,24H,6-7,10-14H2,(H,25,26)/t15?,17-,19+,21+/m1/s1. The first-order chi connectivity index (χ1) is 13.5. The van der Waals surface area contributed by atoms with Crippen molar-refractivity contribution >= 4 is 11.8 Å². The number of hydrogen-bond acceptors (Lipinski definition) is 6. The van der Waals surface area contributed by atoms with E-state index in [1.54, 1.807) is 18.2 Å². The Morgan fingerprint density at radius 1 is 1.18 bits per heavy atom. The van der Waals surface area contributed by atoms with E-state index < -0.39 is 30.2 Å². The molecule has 4 atom stereocenters. The van der Waals surface area contributed by atoms with Gasteiger partial charge in [-0.1, -0.05) is 30.4 Å². The zero-order valence-electron chi connectivity index (χ0n) is 15.8. The van der Waals surface area contributed by atoms with Gasteiger partial charge in [0.25, 0.3) is 0 Å². The number of allylic oxidation sites excluding steroid dienone is 2. The predicted molar refractivity (Wildman–Crippen MR) is 102 cm³/mol. The highest BCUT2D eigenvalue weighted by molar-refractivity contribution is 5.84. The largest absolute Gasteiger partial charge is 0.491 e. The van der Waals surface area contributed by atoms with Gasteiger partial charge in [0, 0.05) is 18.8 Å². The van der Waals surface area contributed by atoms with Gasteiger partial charge in [-0.25, -0.2) is 0 Å². The van der Waals surface area contributed by atoms with Crippen LogP contribution in [0.2, 0.25) is 0 Å². The summed E-state index contributed by atoms with van der Waals surface area (Å²) in [4.78, 5) is 22.6. The predicted octanol–water partition coefficient (Wildman–Crippen LogP) is 1.96. The number of rotatable bonds is 12. The topological polar surface area (TPSA) is 113 Å². The van der Waals surface area contributed by atoms with E-state index in [4.69, 9.17) is 14.6 Å². The zero-order chi connectivity index (χ0) is 20.4. The number of aliphatic hydroxyl groups is 2. The van der Waals surface area contributed by atoms with Gasteiger partial charge in [-0.05, 0) is 31.4 Å². The summed E-state index contributed by atoms with van der Waals surface area (Å²) in [6, 6.07) is 9.10. The quantitative estimate of drug-likeness (QED) is 0.466. The summed E-state index contributed by atoms with van der Waals surface area (Å²) >= 11 is 0. The number of Topliss-reactive ketones (excluding diaryl/α,β-unsaturated/α-hetero) is 1. The fraction of sp³-hybridized carbons (Fsp3) is 0.524. The summed E-state index contributed by atoms with van der Waals surface area (Å²) in [6.45, 7) is 0.0184. The first-order valence-electron chi connectivity index (χ1n) is 9.52. The van der Waals surface area contributed by atoms with Gasteiger partial charge in [0.2, 0.25) is 0 Å². The number of carbonyl (C=O) groups excluding carboxylic acids is 1. The van der Waals surface area contributed by atoms with E-state index in [9.17, 15) is 19.8 Å². The van der Waals surface area contributed by atoms with Crippen LogP contribution in [0.5, 0.6) is 5.75 Å². The van der Waals surface area contributed by atoms with Crippen molar-refractivity contribution in [2.45, 2.75) is 50.4 Å². The van der Waals surface area contributed by atoms with Gasteiger partial charge in [-0.3, -0.25) is 9.59 Å². The minimum absolute atomic E-state index is 0.0349. The van der Waals surface area contributed by atoms with Crippen molar-refractivity contribution in [3.8, 4) is 5.75 Å².